The molecule has 0 unspecified atom stereocenters. The van der Waals surface area contributed by atoms with E-state index >= 15 is 0 Å². The monoisotopic (exact) mass is 475 g/mol. The van der Waals surface area contributed by atoms with Gasteiger partial charge >= 0.3 is 0 Å². The number of halogens is 2. The molecule has 0 saturated carbocycles. The third-order valence-electron chi connectivity index (χ3n) is 4.21. The molecule has 0 aliphatic heterocycles. The average Bonchev–Trinajstić information content (AvgIpc) is 3.01. The van der Waals surface area contributed by atoms with E-state index in [0.29, 0.717) is 15.9 Å². The van der Waals surface area contributed by atoms with Crippen molar-refractivity contribution in [2.75, 3.05) is 11.1 Å². The summed E-state index contributed by atoms with van der Waals surface area (Å²) in [6.07, 6.45) is 0. The van der Waals surface area contributed by atoms with Crippen LogP contribution >= 0.6 is 39.3 Å². The summed E-state index contributed by atoms with van der Waals surface area (Å²) in [6, 6.07) is 13.3. The summed E-state index contributed by atoms with van der Waals surface area (Å²) >= 11 is 10.7. The zero-order valence-electron chi connectivity index (χ0n) is 14.8. The molecular weight excluding hydrogens is 462 g/mol. The first-order chi connectivity index (χ1) is 13.6. The van der Waals surface area contributed by atoms with Crippen molar-refractivity contribution in [1.29, 1.82) is 0 Å². The summed E-state index contributed by atoms with van der Waals surface area (Å²) in [6.45, 7) is 2.84. The fourth-order valence-corrected chi connectivity index (χ4v) is 4.28. The maximum absolute atomic E-state index is 12.3. The number of anilines is 1. The predicted molar refractivity (Wildman–Crippen MR) is 117 cm³/mol. The number of carbonyl (C=O) groups excluding carboxylic acids is 1. The van der Waals surface area contributed by atoms with Crippen LogP contribution in [0.1, 0.15) is 6.92 Å². The lowest BCUT2D eigenvalue weighted by atomic mass is 10.2. The fourth-order valence-electron chi connectivity index (χ4n) is 2.98. The van der Waals surface area contributed by atoms with Gasteiger partial charge in [-0.2, -0.15) is 0 Å². The molecule has 1 amide bonds. The molecule has 0 bridgehead atoms. The first kappa shape index (κ1) is 19.2. The Kier molecular flexibility index (Phi) is 5.52. The van der Waals surface area contributed by atoms with Crippen molar-refractivity contribution in [3.63, 3.8) is 0 Å². The fraction of sp³-hybridized carbons (Fsp3) is 0.158. The predicted octanol–water partition coefficient (Wildman–Crippen LogP) is 5.15. The number of carbonyl (C=O) groups is 1. The van der Waals surface area contributed by atoms with Crippen molar-refractivity contribution < 1.29 is 4.79 Å². The van der Waals surface area contributed by atoms with E-state index in [4.69, 9.17) is 11.6 Å². The summed E-state index contributed by atoms with van der Waals surface area (Å²) in [5.74, 6) is -0.0275. The van der Waals surface area contributed by atoms with Crippen LogP contribution in [0, 0.1) is 0 Å². The number of fused-ring (bicyclic) bond motifs is 3. The Balaban J connectivity index is 1.53. The van der Waals surface area contributed by atoms with Crippen LogP contribution in [0.3, 0.4) is 0 Å². The van der Waals surface area contributed by atoms with E-state index in [1.54, 1.807) is 12.1 Å². The second kappa shape index (κ2) is 8.06. The van der Waals surface area contributed by atoms with Gasteiger partial charge in [0.15, 0.2) is 5.65 Å². The number of thioether (sulfide) groups is 1. The molecule has 2 aromatic heterocycles. The van der Waals surface area contributed by atoms with Gasteiger partial charge in [0.05, 0.1) is 22.0 Å². The number of hydrogen-bond donors (Lipinski definition) is 1. The second-order valence-electron chi connectivity index (χ2n) is 5.99. The van der Waals surface area contributed by atoms with Gasteiger partial charge in [-0.1, -0.05) is 57.5 Å². The van der Waals surface area contributed by atoms with Crippen molar-refractivity contribution in [1.82, 2.24) is 19.7 Å². The molecule has 28 heavy (non-hydrogen) atoms. The van der Waals surface area contributed by atoms with Gasteiger partial charge in [0.25, 0.3) is 0 Å². The van der Waals surface area contributed by atoms with Crippen molar-refractivity contribution in [2.45, 2.75) is 18.6 Å². The van der Waals surface area contributed by atoms with Crippen LogP contribution in [-0.4, -0.2) is 31.4 Å². The van der Waals surface area contributed by atoms with Gasteiger partial charge < -0.3 is 9.88 Å². The topological polar surface area (TPSA) is 72.7 Å². The molecule has 1 N–H and O–H groups in total. The van der Waals surface area contributed by atoms with Gasteiger partial charge in [-0.15, -0.1) is 10.2 Å². The minimum Gasteiger partial charge on any atom is -0.324 e. The van der Waals surface area contributed by atoms with Crippen LogP contribution in [0.15, 0.2) is 52.1 Å². The molecule has 142 valence electrons. The normalized spacial score (nSPS) is 11.2. The molecule has 2 heterocycles. The summed E-state index contributed by atoms with van der Waals surface area (Å²) in [5.41, 5.74) is 3.19. The van der Waals surface area contributed by atoms with E-state index in [9.17, 15) is 4.79 Å². The number of aryl methyl sites for hydroxylation is 1. The Hall–Kier alpha value is -2.16. The molecule has 2 aromatic carbocycles. The number of hydrogen-bond acceptors (Lipinski definition) is 5. The first-order valence-corrected chi connectivity index (χ1v) is 10.7. The maximum atomic E-state index is 12.3. The molecule has 0 saturated heterocycles. The van der Waals surface area contributed by atoms with E-state index in [1.165, 1.54) is 11.8 Å². The largest absolute Gasteiger partial charge is 0.324 e. The van der Waals surface area contributed by atoms with Crippen LogP contribution in [0.2, 0.25) is 5.02 Å². The van der Waals surface area contributed by atoms with Gasteiger partial charge in [-0.05, 0) is 31.2 Å². The van der Waals surface area contributed by atoms with Crippen molar-refractivity contribution in [3.8, 4) is 0 Å². The molecule has 0 aliphatic carbocycles. The average molecular weight is 477 g/mol. The minimum atomic E-state index is -0.186. The highest BCUT2D eigenvalue weighted by atomic mass is 79.9. The van der Waals surface area contributed by atoms with E-state index in [0.717, 1.165) is 33.1 Å². The Morgan fingerprint density at radius 3 is 2.86 bits per heavy atom. The third kappa shape index (κ3) is 3.72. The Bertz CT molecular complexity index is 1200. The van der Waals surface area contributed by atoms with Crippen LogP contribution in [0.5, 0.6) is 0 Å². The first-order valence-electron chi connectivity index (χ1n) is 8.56. The molecule has 4 rings (SSSR count). The van der Waals surface area contributed by atoms with E-state index in [2.05, 4.69) is 47.9 Å². The van der Waals surface area contributed by atoms with Crippen LogP contribution in [0.25, 0.3) is 22.1 Å². The quantitative estimate of drug-likeness (QED) is 0.403. The third-order valence-corrected chi connectivity index (χ3v) is 5.85. The molecule has 0 radical (unpaired) electrons. The van der Waals surface area contributed by atoms with Crippen LogP contribution < -0.4 is 5.32 Å². The number of para-hydroxylation sites is 1. The molecule has 9 heteroatoms. The van der Waals surface area contributed by atoms with E-state index in [-0.39, 0.29) is 11.7 Å². The molecule has 0 aliphatic rings. The van der Waals surface area contributed by atoms with E-state index < -0.39 is 0 Å². The molecule has 0 atom stereocenters. The van der Waals surface area contributed by atoms with Crippen LogP contribution in [-0.2, 0) is 11.3 Å². The Morgan fingerprint density at radius 1 is 1.25 bits per heavy atom. The number of rotatable bonds is 5. The highest BCUT2D eigenvalue weighted by molar-refractivity contribution is 9.10. The lowest BCUT2D eigenvalue weighted by Crippen LogP contribution is -2.14. The van der Waals surface area contributed by atoms with Crippen molar-refractivity contribution >= 4 is 73.0 Å². The number of amides is 1. The minimum absolute atomic E-state index is 0.159. The van der Waals surface area contributed by atoms with Gasteiger partial charge in [0.2, 0.25) is 11.1 Å². The van der Waals surface area contributed by atoms with E-state index in [1.807, 2.05) is 30.3 Å². The molecule has 4 aromatic rings. The lowest BCUT2D eigenvalue weighted by Gasteiger charge is -2.07. The zero-order chi connectivity index (χ0) is 19.7. The number of nitrogens with one attached hydrogen (secondary N) is 1. The van der Waals surface area contributed by atoms with Crippen molar-refractivity contribution in [2.24, 2.45) is 0 Å². The molecular formula is C19H15BrClN5OS. The van der Waals surface area contributed by atoms with Gasteiger partial charge in [0.1, 0.15) is 5.52 Å². The standard InChI is InChI=1S/C19H15BrClN5OS/c1-2-26-15-6-4-3-5-12(15)17-18(26)23-19(25-24-17)28-10-16(27)22-14-8-7-11(20)9-13(14)21/h3-9H,2,10H2,1H3,(H,22,27). The van der Waals surface area contributed by atoms with Crippen LogP contribution in [0.4, 0.5) is 5.69 Å². The number of benzene rings is 2. The Labute approximate surface area is 178 Å². The zero-order valence-corrected chi connectivity index (χ0v) is 18.0. The summed E-state index contributed by atoms with van der Waals surface area (Å²) in [7, 11) is 0. The summed E-state index contributed by atoms with van der Waals surface area (Å²) in [4.78, 5) is 16.9. The molecule has 6 nitrogen and oxygen atoms in total. The molecule has 0 fully saturated rings. The summed E-state index contributed by atoms with van der Waals surface area (Å²) in [5, 5.41) is 13.3. The maximum Gasteiger partial charge on any atom is 0.234 e. The van der Waals surface area contributed by atoms with Gasteiger partial charge in [-0.3, -0.25) is 4.79 Å². The second-order valence-corrected chi connectivity index (χ2v) is 8.25. The van der Waals surface area contributed by atoms with Gasteiger partial charge in [-0.25, -0.2) is 4.98 Å². The molecule has 0 spiro atoms. The number of nitrogens with zero attached hydrogens (tertiary/aromatic N) is 4. The Morgan fingerprint density at radius 2 is 2.07 bits per heavy atom. The van der Waals surface area contributed by atoms with Crippen molar-refractivity contribution in [3.05, 3.63) is 52.0 Å². The smallest absolute Gasteiger partial charge is 0.234 e. The summed E-state index contributed by atoms with van der Waals surface area (Å²) < 4.78 is 2.95. The lowest BCUT2D eigenvalue weighted by molar-refractivity contribution is -0.113. The highest BCUT2D eigenvalue weighted by Gasteiger charge is 2.15. The number of aromatic nitrogens is 4. The van der Waals surface area contributed by atoms with Gasteiger partial charge in [0, 0.05) is 16.4 Å². The SMILES string of the molecule is CCn1c2ccccc2c2nnc(SCC(=O)Nc3ccc(Br)cc3Cl)nc21. The highest BCUT2D eigenvalue weighted by Crippen LogP contribution is 2.28.